The minimum Gasteiger partial charge on any atom is -0.465 e. The highest BCUT2D eigenvalue weighted by molar-refractivity contribution is 5.98. The smallest absolute Gasteiger partial charge is 0.312 e. The second-order valence-corrected chi connectivity index (χ2v) is 11.5. The Bertz CT molecular complexity index is 901. The van der Waals surface area contributed by atoms with E-state index in [1.165, 1.54) is 6.42 Å². The molecule has 2 bridgehead atoms. The van der Waals surface area contributed by atoms with Gasteiger partial charge in [-0.15, -0.1) is 13.2 Å². The number of fused-ring (bicyclic) bond motifs is 1. The van der Waals surface area contributed by atoms with Crippen LogP contribution in [-0.2, 0) is 23.9 Å². The summed E-state index contributed by atoms with van der Waals surface area (Å²) >= 11 is 0. The van der Waals surface area contributed by atoms with E-state index in [-0.39, 0.29) is 31.1 Å². The highest BCUT2D eigenvalue weighted by atomic mass is 16.6. The Kier molecular flexibility index (Phi) is 9.35. The SMILES string of the molecule is C=CCCOC(=O)[C@@H]1[C@H]2C(=O)N(CCCCCO)C(C(=O)N(CC=C)C3CCCCC3)C23CC[C@@]1(CC)O3. The molecule has 1 N–H and O–H groups in total. The van der Waals surface area contributed by atoms with Crippen LogP contribution in [0.2, 0.25) is 0 Å². The molecular weight excluding hydrogens is 484 g/mol. The van der Waals surface area contributed by atoms with E-state index in [1.807, 2.05) is 11.8 Å². The van der Waals surface area contributed by atoms with E-state index in [2.05, 4.69) is 13.2 Å². The fourth-order valence-electron chi connectivity index (χ4n) is 7.61. The van der Waals surface area contributed by atoms with Crippen molar-refractivity contribution in [3.8, 4) is 0 Å². The maximum Gasteiger partial charge on any atom is 0.312 e. The monoisotopic (exact) mass is 530 g/mol. The van der Waals surface area contributed by atoms with Crippen LogP contribution in [0.4, 0.5) is 0 Å². The molecule has 212 valence electrons. The van der Waals surface area contributed by atoms with Gasteiger partial charge in [-0.05, 0) is 57.8 Å². The molecule has 0 aromatic carbocycles. The van der Waals surface area contributed by atoms with Crippen LogP contribution in [0.3, 0.4) is 0 Å². The fraction of sp³-hybridized carbons (Fsp3) is 0.767. The molecule has 4 fully saturated rings. The Morgan fingerprint density at radius 2 is 1.92 bits per heavy atom. The van der Waals surface area contributed by atoms with E-state index >= 15 is 0 Å². The van der Waals surface area contributed by atoms with Crippen molar-refractivity contribution in [2.24, 2.45) is 11.8 Å². The molecule has 3 aliphatic heterocycles. The minimum absolute atomic E-state index is 0.0811. The third-order valence-corrected chi connectivity index (χ3v) is 9.42. The number of hydrogen-bond acceptors (Lipinski definition) is 6. The third kappa shape index (κ3) is 4.94. The summed E-state index contributed by atoms with van der Waals surface area (Å²) in [7, 11) is 0. The lowest BCUT2D eigenvalue weighted by atomic mass is 9.65. The first-order valence-electron chi connectivity index (χ1n) is 14.7. The number of nitrogens with zero attached hydrogens (tertiary/aromatic N) is 2. The number of aliphatic hydroxyl groups is 1. The summed E-state index contributed by atoms with van der Waals surface area (Å²) in [6, 6.07) is -0.648. The molecule has 8 nitrogen and oxygen atoms in total. The lowest BCUT2D eigenvalue weighted by Gasteiger charge is -2.41. The molecular formula is C30H46N2O6. The number of carbonyl (C=O) groups excluding carboxylic acids is 3. The largest absolute Gasteiger partial charge is 0.465 e. The molecule has 1 spiro atoms. The minimum atomic E-state index is -1.03. The highest BCUT2D eigenvalue weighted by Crippen LogP contribution is 2.64. The summed E-state index contributed by atoms with van der Waals surface area (Å²) in [5, 5.41) is 9.25. The highest BCUT2D eigenvalue weighted by Gasteiger charge is 2.79. The summed E-state index contributed by atoms with van der Waals surface area (Å²) in [6.45, 7) is 10.8. The van der Waals surface area contributed by atoms with Gasteiger partial charge in [0.05, 0.1) is 18.1 Å². The molecule has 2 unspecified atom stereocenters. The van der Waals surface area contributed by atoms with Gasteiger partial charge in [0.1, 0.15) is 17.6 Å². The Morgan fingerprint density at radius 1 is 1.16 bits per heavy atom. The standard InChI is InChI=1S/C30H46N2O6/c1-4-7-21-37-28(36)24-23-26(34)32(19-12-9-13-20-33)25(30(23)17-16-29(24,6-3)38-30)27(35)31(18-5-2)22-14-10-8-11-15-22/h4-5,22-25,33H,1-2,6-21H2,3H3/t23-,24-,25?,29+,30?/m0/s1. The van der Waals surface area contributed by atoms with Gasteiger partial charge in [-0.1, -0.05) is 38.3 Å². The number of carbonyl (C=O) groups is 3. The molecule has 8 heteroatoms. The lowest BCUT2D eigenvalue weighted by molar-refractivity contribution is -0.162. The first kappa shape index (κ1) is 28.8. The predicted molar refractivity (Wildman–Crippen MR) is 144 cm³/mol. The molecule has 0 aromatic heterocycles. The molecule has 5 atom stereocenters. The van der Waals surface area contributed by atoms with Gasteiger partial charge in [-0.3, -0.25) is 14.4 Å². The second-order valence-electron chi connectivity index (χ2n) is 11.5. The van der Waals surface area contributed by atoms with E-state index < -0.39 is 35.0 Å². The summed E-state index contributed by atoms with van der Waals surface area (Å²) in [5.74, 6) is -2.11. The molecule has 0 radical (unpaired) electrons. The number of unbranched alkanes of at least 4 members (excludes halogenated alkanes) is 2. The number of amides is 2. The van der Waals surface area contributed by atoms with Crippen molar-refractivity contribution >= 4 is 17.8 Å². The lowest BCUT2D eigenvalue weighted by Crippen LogP contribution is -2.58. The number of hydrogen-bond donors (Lipinski definition) is 1. The summed E-state index contributed by atoms with van der Waals surface area (Å²) in [4.78, 5) is 45.8. The van der Waals surface area contributed by atoms with Crippen LogP contribution in [0.5, 0.6) is 0 Å². The van der Waals surface area contributed by atoms with Crippen molar-refractivity contribution in [2.75, 3.05) is 26.3 Å². The topological polar surface area (TPSA) is 96.4 Å². The van der Waals surface area contributed by atoms with Gasteiger partial charge in [0.2, 0.25) is 11.8 Å². The molecule has 4 aliphatic rings. The van der Waals surface area contributed by atoms with Crippen LogP contribution in [0.25, 0.3) is 0 Å². The van der Waals surface area contributed by atoms with Crippen molar-refractivity contribution in [1.29, 1.82) is 0 Å². The average Bonchev–Trinajstić information content (AvgIpc) is 3.53. The van der Waals surface area contributed by atoms with Gasteiger partial charge in [0.25, 0.3) is 0 Å². The van der Waals surface area contributed by atoms with Gasteiger partial charge in [-0.2, -0.15) is 0 Å². The van der Waals surface area contributed by atoms with E-state index in [0.717, 1.165) is 32.1 Å². The number of likely N-dealkylation sites (tertiary alicyclic amines) is 1. The normalized spacial score (nSPS) is 32.3. The zero-order valence-corrected chi connectivity index (χ0v) is 23.1. The van der Waals surface area contributed by atoms with Gasteiger partial charge in [0.15, 0.2) is 0 Å². The Balaban J connectivity index is 1.70. The van der Waals surface area contributed by atoms with Crippen molar-refractivity contribution in [3.63, 3.8) is 0 Å². The van der Waals surface area contributed by atoms with Crippen molar-refractivity contribution in [2.45, 2.75) is 107 Å². The van der Waals surface area contributed by atoms with E-state index in [0.29, 0.717) is 51.6 Å². The Hall–Kier alpha value is -2.19. The first-order chi connectivity index (χ1) is 18.4. The van der Waals surface area contributed by atoms with Crippen molar-refractivity contribution < 1.29 is 29.0 Å². The number of aliphatic hydroxyl groups excluding tert-OH is 1. The average molecular weight is 531 g/mol. The zero-order valence-electron chi connectivity index (χ0n) is 23.1. The van der Waals surface area contributed by atoms with Crippen molar-refractivity contribution in [3.05, 3.63) is 25.3 Å². The van der Waals surface area contributed by atoms with Crippen molar-refractivity contribution in [1.82, 2.24) is 9.80 Å². The molecule has 4 rings (SSSR count). The quantitative estimate of drug-likeness (QED) is 0.209. The molecule has 3 heterocycles. The maximum absolute atomic E-state index is 14.5. The summed E-state index contributed by atoms with van der Waals surface area (Å²) in [6.07, 6.45) is 13.1. The summed E-state index contributed by atoms with van der Waals surface area (Å²) < 4.78 is 12.5. The van der Waals surface area contributed by atoms with Crippen LogP contribution < -0.4 is 0 Å². The molecule has 3 saturated heterocycles. The van der Waals surface area contributed by atoms with Crippen LogP contribution in [0.1, 0.15) is 84.0 Å². The molecule has 1 aliphatic carbocycles. The number of ether oxygens (including phenoxy) is 2. The Labute approximate surface area is 227 Å². The molecule has 1 saturated carbocycles. The second kappa shape index (κ2) is 12.3. The maximum atomic E-state index is 14.5. The number of rotatable bonds is 14. The molecule has 38 heavy (non-hydrogen) atoms. The fourth-order valence-corrected chi connectivity index (χ4v) is 7.61. The molecule has 2 amide bonds. The Morgan fingerprint density at radius 3 is 2.58 bits per heavy atom. The van der Waals surface area contributed by atoms with Crippen LogP contribution in [0, 0.1) is 11.8 Å². The molecule has 0 aromatic rings. The van der Waals surface area contributed by atoms with Crippen LogP contribution in [0.15, 0.2) is 25.3 Å². The van der Waals surface area contributed by atoms with E-state index in [4.69, 9.17) is 9.47 Å². The zero-order chi connectivity index (χ0) is 27.3. The number of esters is 1. The van der Waals surface area contributed by atoms with Gasteiger partial charge < -0.3 is 24.4 Å². The summed E-state index contributed by atoms with van der Waals surface area (Å²) in [5.41, 5.74) is -1.82. The predicted octanol–water partition coefficient (Wildman–Crippen LogP) is 3.77. The van der Waals surface area contributed by atoms with Gasteiger partial charge >= 0.3 is 5.97 Å². The third-order valence-electron chi connectivity index (χ3n) is 9.42. The van der Waals surface area contributed by atoms with Crippen LogP contribution >= 0.6 is 0 Å². The van der Waals surface area contributed by atoms with Crippen LogP contribution in [-0.4, -0.2) is 82.3 Å². The van der Waals surface area contributed by atoms with E-state index in [9.17, 15) is 19.5 Å². The first-order valence-corrected chi connectivity index (χ1v) is 14.7. The van der Waals surface area contributed by atoms with E-state index in [1.54, 1.807) is 17.1 Å². The van der Waals surface area contributed by atoms with Gasteiger partial charge in [-0.25, -0.2) is 0 Å². The van der Waals surface area contributed by atoms with Gasteiger partial charge in [0, 0.05) is 25.7 Å².